The average molecular weight is 302 g/mol. The number of benzene rings is 1. The molecule has 3 N–H and O–H groups in total. The van der Waals surface area contributed by atoms with Gasteiger partial charge in [-0.05, 0) is 31.2 Å². The van der Waals surface area contributed by atoms with Gasteiger partial charge in [0.2, 0.25) is 0 Å². The van der Waals surface area contributed by atoms with Gasteiger partial charge in [-0.2, -0.15) is 0 Å². The minimum atomic E-state index is -1.20. The molecule has 1 aromatic carbocycles. The third-order valence-electron chi connectivity index (χ3n) is 2.53. The summed E-state index contributed by atoms with van der Waals surface area (Å²) < 4.78 is 5.36. The smallest absolute Gasteiger partial charge is 0.326 e. The van der Waals surface area contributed by atoms with E-state index < -0.39 is 24.0 Å². The zero-order chi connectivity index (χ0) is 15.1. The molecule has 0 aliphatic rings. The Morgan fingerprint density at radius 3 is 2.45 bits per heavy atom. The van der Waals surface area contributed by atoms with Gasteiger partial charge in [0.05, 0.1) is 0 Å². The van der Waals surface area contributed by atoms with Crippen molar-refractivity contribution >= 4 is 23.5 Å². The summed E-state index contributed by atoms with van der Waals surface area (Å²) in [4.78, 5) is 22.7. The van der Waals surface area contributed by atoms with Crippen LogP contribution in [0.25, 0.3) is 0 Å². The molecule has 1 unspecified atom stereocenters. The molecule has 0 bridgehead atoms. The molecule has 7 heteroatoms. The molecule has 2 atom stereocenters. The van der Waals surface area contributed by atoms with Crippen LogP contribution in [0.3, 0.4) is 0 Å². The first-order valence-corrected chi connectivity index (χ1v) is 6.38. The first kappa shape index (κ1) is 16.3. The van der Waals surface area contributed by atoms with Crippen molar-refractivity contribution in [3.8, 4) is 5.75 Å². The number of aliphatic hydroxyl groups excluding tert-OH is 1. The van der Waals surface area contributed by atoms with Crippen LogP contribution in [0.1, 0.15) is 13.3 Å². The Hall–Kier alpha value is -1.79. The molecule has 0 aromatic heterocycles. The highest BCUT2D eigenvalue weighted by atomic mass is 35.5. The Morgan fingerprint density at radius 1 is 1.35 bits per heavy atom. The predicted molar refractivity (Wildman–Crippen MR) is 72.8 cm³/mol. The van der Waals surface area contributed by atoms with Crippen molar-refractivity contribution in [1.29, 1.82) is 0 Å². The van der Waals surface area contributed by atoms with Gasteiger partial charge in [0, 0.05) is 18.1 Å². The highest BCUT2D eigenvalue weighted by Crippen LogP contribution is 2.16. The van der Waals surface area contributed by atoms with Crippen molar-refractivity contribution in [2.24, 2.45) is 0 Å². The Morgan fingerprint density at radius 2 is 1.95 bits per heavy atom. The number of halogens is 1. The number of amides is 1. The van der Waals surface area contributed by atoms with Crippen molar-refractivity contribution in [2.75, 3.05) is 6.61 Å². The van der Waals surface area contributed by atoms with E-state index in [4.69, 9.17) is 26.6 Å². The van der Waals surface area contributed by atoms with Gasteiger partial charge in [-0.1, -0.05) is 11.6 Å². The topological polar surface area (TPSA) is 95.9 Å². The number of aliphatic hydroxyl groups is 1. The molecule has 20 heavy (non-hydrogen) atoms. The molecule has 0 heterocycles. The second-order valence-electron chi connectivity index (χ2n) is 4.13. The Labute approximate surface area is 121 Å². The molecule has 0 aliphatic carbocycles. The molecule has 0 aliphatic heterocycles. The summed E-state index contributed by atoms with van der Waals surface area (Å²) in [6, 6.07) is 5.31. The maximum absolute atomic E-state index is 11.8. The lowest BCUT2D eigenvalue weighted by Crippen LogP contribution is -2.46. The van der Waals surface area contributed by atoms with Gasteiger partial charge in [-0.25, -0.2) is 4.79 Å². The normalized spacial score (nSPS) is 13.3. The number of nitrogens with one attached hydrogen (secondary N) is 1. The average Bonchev–Trinajstić information content (AvgIpc) is 2.40. The first-order chi connectivity index (χ1) is 9.43. The van der Waals surface area contributed by atoms with Crippen molar-refractivity contribution in [3.05, 3.63) is 29.3 Å². The maximum atomic E-state index is 11.8. The standard InChI is InChI=1S/C13H16ClNO5/c1-8(20-10-4-2-9(14)3-5-10)12(17)15-11(6-7-16)13(18)19/h2-5,8,11,16H,6-7H2,1H3,(H,15,17)(H,18,19)/t8?,11-/m0/s1. The summed E-state index contributed by atoms with van der Waals surface area (Å²) in [5.41, 5.74) is 0. The van der Waals surface area contributed by atoms with Gasteiger partial charge in [0.1, 0.15) is 11.8 Å². The van der Waals surface area contributed by atoms with Crippen molar-refractivity contribution < 1.29 is 24.5 Å². The summed E-state index contributed by atoms with van der Waals surface area (Å²) in [5, 5.41) is 20.5. The van der Waals surface area contributed by atoms with E-state index in [1.807, 2.05) is 0 Å². The predicted octanol–water partition coefficient (Wildman–Crippen LogP) is 1.06. The molecule has 1 aromatic rings. The van der Waals surface area contributed by atoms with E-state index in [0.717, 1.165) is 0 Å². The molecule has 110 valence electrons. The third kappa shape index (κ3) is 5.07. The van der Waals surface area contributed by atoms with Gasteiger partial charge in [-0.3, -0.25) is 4.79 Å². The SMILES string of the molecule is CC(Oc1ccc(Cl)cc1)C(=O)N[C@@H](CCO)C(=O)O. The number of hydrogen-bond donors (Lipinski definition) is 3. The number of carbonyl (C=O) groups is 2. The highest BCUT2D eigenvalue weighted by molar-refractivity contribution is 6.30. The molecular formula is C13H16ClNO5. The van der Waals surface area contributed by atoms with Gasteiger partial charge in [0.25, 0.3) is 5.91 Å². The number of carboxylic acids is 1. The summed E-state index contributed by atoms with van der Waals surface area (Å²) in [6.45, 7) is 1.17. The van der Waals surface area contributed by atoms with Crippen LogP contribution < -0.4 is 10.1 Å². The van der Waals surface area contributed by atoms with Crippen LogP contribution in [0.4, 0.5) is 0 Å². The first-order valence-electron chi connectivity index (χ1n) is 6.00. The monoisotopic (exact) mass is 301 g/mol. The van der Waals surface area contributed by atoms with Gasteiger partial charge in [-0.15, -0.1) is 0 Å². The molecule has 0 spiro atoms. The van der Waals surface area contributed by atoms with Crippen LogP contribution >= 0.6 is 11.6 Å². The summed E-state index contributed by atoms with van der Waals surface area (Å²) in [5.74, 6) is -1.32. The number of hydrogen-bond acceptors (Lipinski definition) is 4. The summed E-state index contributed by atoms with van der Waals surface area (Å²) >= 11 is 5.73. The number of rotatable bonds is 7. The fourth-order valence-electron chi connectivity index (χ4n) is 1.45. The van der Waals surface area contributed by atoms with Gasteiger partial charge >= 0.3 is 5.97 Å². The van der Waals surface area contributed by atoms with Crippen LogP contribution in [-0.2, 0) is 9.59 Å². The van der Waals surface area contributed by atoms with Crippen molar-refractivity contribution in [1.82, 2.24) is 5.32 Å². The summed E-state index contributed by atoms with van der Waals surface area (Å²) in [6.07, 6.45) is -0.925. The number of carbonyl (C=O) groups excluding carboxylic acids is 1. The largest absolute Gasteiger partial charge is 0.481 e. The fraction of sp³-hybridized carbons (Fsp3) is 0.385. The quantitative estimate of drug-likeness (QED) is 0.700. The lowest BCUT2D eigenvalue weighted by molar-refractivity contribution is -0.143. The second-order valence-corrected chi connectivity index (χ2v) is 4.56. The van der Waals surface area contributed by atoms with E-state index in [1.54, 1.807) is 24.3 Å². The Balaban J connectivity index is 2.57. The van der Waals surface area contributed by atoms with E-state index in [-0.39, 0.29) is 13.0 Å². The molecule has 1 rings (SSSR count). The summed E-state index contributed by atoms with van der Waals surface area (Å²) in [7, 11) is 0. The van der Waals surface area contributed by atoms with E-state index in [0.29, 0.717) is 10.8 Å². The molecule has 0 saturated heterocycles. The highest BCUT2D eigenvalue weighted by Gasteiger charge is 2.23. The third-order valence-corrected chi connectivity index (χ3v) is 2.78. The molecular weight excluding hydrogens is 286 g/mol. The van der Waals surface area contributed by atoms with E-state index in [2.05, 4.69) is 5.32 Å². The van der Waals surface area contributed by atoms with Crippen LogP contribution in [0, 0.1) is 0 Å². The number of aliphatic carboxylic acids is 1. The maximum Gasteiger partial charge on any atom is 0.326 e. The fourth-order valence-corrected chi connectivity index (χ4v) is 1.57. The van der Waals surface area contributed by atoms with Crippen LogP contribution in [0.15, 0.2) is 24.3 Å². The van der Waals surface area contributed by atoms with E-state index >= 15 is 0 Å². The minimum Gasteiger partial charge on any atom is -0.481 e. The molecule has 0 saturated carbocycles. The van der Waals surface area contributed by atoms with Gasteiger partial charge in [0.15, 0.2) is 6.10 Å². The zero-order valence-corrected chi connectivity index (χ0v) is 11.6. The van der Waals surface area contributed by atoms with E-state index in [9.17, 15) is 9.59 Å². The Bertz CT molecular complexity index is 462. The second kappa shape index (κ2) is 7.72. The molecule has 6 nitrogen and oxygen atoms in total. The lowest BCUT2D eigenvalue weighted by atomic mass is 10.2. The molecule has 0 fully saturated rings. The van der Waals surface area contributed by atoms with E-state index in [1.165, 1.54) is 6.92 Å². The molecule has 1 amide bonds. The minimum absolute atomic E-state index is 0.0608. The van der Waals surface area contributed by atoms with Crippen LogP contribution in [0.5, 0.6) is 5.75 Å². The van der Waals surface area contributed by atoms with Gasteiger partial charge < -0.3 is 20.3 Å². The zero-order valence-electron chi connectivity index (χ0n) is 10.9. The number of ether oxygens (including phenoxy) is 1. The van der Waals surface area contributed by atoms with Crippen molar-refractivity contribution in [2.45, 2.75) is 25.5 Å². The van der Waals surface area contributed by atoms with Crippen LogP contribution in [-0.4, -0.2) is 40.8 Å². The molecule has 0 radical (unpaired) electrons. The number of carboxylic acid groups (broad SMARTS) is 1. The Kier molecular flexibility index (Phi) is 6.27. The van der Waals surface area contributed by atoms with Crippen molar-refractivity contribution in [3.63, 3.8) is 0 Å². The lowest BCUT2D eigenvalue weighted by Gasteiger charge is -2.18. The van der Waals surface area contributed by atoms with Crippen LogP contribution in [0.2, 0.25) is 5.02 Å².